The summed E-state index contributed by atoms with van der Waals surface area (Å²) in [6.07, 6.45) is 3.43. The van der Waals surface area contributed by atoms with Crippen molar-refractivity contribution >= 4 is 0 Å². The molecule has 0 aromatic heterocycles. The van der Waals surface area contributed by atoms with Gasteiger partial charge in [0.1, 0.15) is 0 Å². The Bertz CT molecular complexity index is 110. The van der Waals surface area contributed by atoms with Gasteiger partial charge in [-0.15, -0.1) is 0 Å². The molecule has 0 atom stereocenters. The van der Waals surface area contributed by atoms with Gasteiger partial charge in [-0.25, -0.2) is 0 Å². The maximum atomic E-state index is 3.82. The Hall–Kier alpha value is 0.388. The van der Waals surface area contributed by atoms with Crippen LogP contribution in [-0.4, -0.2) is 18.0 Å². The zero-order valence-corrected chi connectivity index (χ0v) is 10.4. The van der Waals surface area contributed by atoms with Crippen LogP contribution in [-0.2, 0) is 21.1 Å². The molecule has 0 N–H and O–H groups in total. The van der Waals surface area contributed by atoms with Gasteiger partial charge in [-0.05, 0) is 26.4 Å². The second-order valence-electron chi connectivity index (χ2n) is 2.38. The molecule has 0 spiro atoms. The van der Waals surface area contributed by atoms with E-state index in [9.17, 15) is 0 Å². The van der Waals surface area contributed by atoms with Crippen LogP contribution in [0.2, 0.25) is 0 Å². The van der Waals surface area contributed by atoms with Gasteiger partial charge < -0.3 is 11.8 Å². The van der Waals surface area contributed by atoms with Gasteiger partial charge in [-0.2, -0.15) is 6.92 Å². The SMILES string of the molecule is [CH2-]C.[CH2-]N1CC=C(C)CC1.[W+2]. The third-order valence-electron chi connectivity index (χ3n) is 1.52. The van der Waals surface area contributed by atoms with Gasteiger partial charge in [0.05, 0.1) is 0 Å². The maximum Gasteiger partial charge on any atom is 2.00 e. The van der Waals surface area contributed by atoms with Crippen molar-refractivity contribution in [2.45, 2.75) is 20.3 Å². The number of hydrogen-bond donors (Lipinski definition) is 0. The van der Waals surface area contributed by atoms with Crippen molar-refractivity contribution in [2.24, 2.45) is 0 Å². The van der Waals surface area contributed by atoms with Gasteiger partial charge in [0.25, 0.3) is 0 Å². The molecular formula is C9H17NW. The first-order valence-corrected chi connectivity index (χ1v) is 3.71. The molecule has 0 aromatic rings. The molecule has 0 saturated carbocycles. The largest absolute Gasteiger partial charge is 2.00 e. The Morgan fingerprint density at radius 1 is 1.45 bits per heavy atom. The minimum atomic E-state index is 0. The van der Waals surface area contributed by atoms with Crippen LogP contribution < -0.4 is 0 Å². The predicted octanol–water partition coefficient (Wildman–Crippen LogP) is 2.27. The van der Waals surface area contributed by atoms with E-state index in [1.165, 1.54) is 12.0 Å². The van der Waals surface area contributed by atoms with Crippen molar-refractivity contribution in [1.29, 1.82) is 0 Å². The fourth-order valence-corrected chi connectivity index (χ4v) is 0.813. The van der Waals surface area contributed by atoms with E-state index in [-0.39, 0.29) is 21.1 Å². The van der Waals surface area contributed by atoms with Crippen molar-refractivity contribution < 1.29 is 21.1 Å². The third-order valence-corrected chi connectivity index (χ3v) is 1.52. The van der Waals surface area contributed by atoms with Crippen LogP contribution in [0.3, 0.4) is 0 Å². The van der Waals surface area contributed by atoms with E-state index >= 15 is 0 Å². The summed E-state index contributed by atoms with van der Waals surface area (Å²) >= 11 is 0. The molecule has 1 nitrogen and oxygen atoms in total. The Kier molecular flexibility index (Phi) is 10.8. The van der Waals surface area contributed by atoms with E-state index in [1.807, 2.05) is 0 Å². The first-order valence-electron chi connectivity index (χ1n) is 3.71. The number of hydrogen-bond acceptors (Lipinski definition) is 1. The quantitative estimate of drug-likeness (QED) is 0.488. The molecule has 1 rings (SSSR count). The molecule has 0 saturated heterocycles. The number of nitrogens with zero attached hydrogens (tertiary/aromatic N) is 1. The minimum absolute atomic E-state index is 0. The summed E-state index contributed by atoms with van der Waals surface area (Å²) in [5.74, 6) is 0. The average molecular weight is 323 g/mol. The molecule has 0 amide bonds. The predicted molar refractivity (Wildman–Crippen MR) is 46.3 cm³/mol. The van der Waals surface area contributed by atoms with Crippen molar-refractivity contribution in [3.63, 3.8) is 0 Å². The summed E-state index contributed by atoms with van der Waals surface area (Å²) in [5, 5.41) is 0. The van der Waals surface area contributed by atoms with Crippen LogP contribution in [0.1, 0.15) is 20.3 Å². The molecule has 64 valence electrons. The van der Waals surface area contributed by atoms with Crippen LogP contribution in [0.5, 0.6) is 0 Å². The van der Waals surface area contributed by atoms with Crippen molar-refractivity contribution in [3.05, 3.63) is 25.6 Å². The Labute approximate surface area is 85.1 Å². The van der Waals surface area contributed by atoms with Crippen LogP contribution in [0.4, 0.5) is 0 Å². The Morgan fingerprint density at radius 3 is 2.27 bits per heavy atom. The zero-order chi connectivity index (χ0) is 7.98. The summed E-state index contributed by atoms with van der Waals surface area (Å²) in [7, 11) is 3.82. The van der Waals surface area contributed by atoms with E-state index in [2.05, 4.69) is 31.9 Å². The molecule has 1 heterocycles. The first kappa shape index (κ1) is 13.9. The molecule has 1 aliphatic heterocycles. The third kappa shape index (κ3) is 6.77. The maximum absolute atomic E-state index is 3.82. The van der Waals surface area contributed by atoms with Crippen LogP contribution in [0.25, 0.3) is 0 Å². The average Bonchev–Trinajstić information content (AvgIpc) is 2.00. The second-order valence-corrected chi connectivity index (χ2v) is 2.38. The Balaban J connectivity index is 0. The summed E-state index contributed by atoms with van der Waals surface area (Å²) in [4.78, 5) is 2.08. The fourth-order valence-electron chi connectivity index (χ4n) is 0.813. The van der Waals surface area contributed by atoms with Crippen LogP contribution in [0.15, 0.2) is 11.6 Å². The molecule has 0 unspecified atom stereocenters. The molecule has 1 aliphatic rings. The minimum Gasteiger partial charge on any atom is -0.456 e. The molecular weight excluding hydrogens is 306 g/mol. The molecule has 0 bridgehead atoms. The van der Waals surface area contributed by atoms with Gasteiger partial charge in [-0.3, -0.25) is 7.05 Å². The van der Waals surface area contributed by atoms with E-state index in [0.717, 1.165) is 13.1 Å². The summed E-state index contributed by atoms with van der Waals surface area (Å²) in [5.41, 5.74) is 1.50. The van der Waals surface area contributed by atoms with Crippen molar-refractivity contribution in [2.75, 3.05) is 13.1 Å². The number of rotatable bonds is 0. The standard InChI is InChI=1S/C7H12N.C2H5.W/c1-7-3-5-8(2)6-4-7;1-2;/h3H,2,4-6H2,1H3;1H2,2H3;/q2*-1;+2. The monoisotopic (exact) mass is 323 g/mol. The molecule has 11 heavy (non-hydrogen) atoms. The summed E-state index contributed by atoms with van der Waals surface area (Å²) in [6.45, 7) is 9.33. The van der Waals surface area contributed by atoms with E-state index < -0.39 is 0 Å². The Morgan fingerprint density at radius 2 is 2.00 bits per heavy atom. The van der Waals surface area contributed by atoms with Gasteiger partial charge in [0, 0.05) is 0 Å². The van der Waals surface area contributed by atoms with E-state index in [1.54, 1.807) is 6.92 Å². The van der Waals surface area contributed by atoms with Gasteiger partial charge in [0.2, 0.25) is 0 Å². The molecule has 2 heteroatoms. The molecule has 0 aliphatic carbocycles. The van der Waals surface area contributed by atoms with E-state index in [0.29, 0.717) is 0 Å². The second kappa shape index (κ2) is 8.48. The summed E-state index contributed by atoms with van der Waals surface area (Å²) < 4.78 is 0. The van der Waals surface area contributed by atoms with E-state index in [4.69, 9.17) is 0 Å². The normalized spacial score (nSPS) is 17.3. The van der Waals surface area contributed by atoms with Gasteiger partial charge in [0.15, 0.2) is 0 Å². The molecule has 0 radical (unpaired) electrons. The fraction of sp³-hybridized carbons (Fsp3) is 0.556. The smallest absolute Gasteiger partial charge is 0.456 e. The molecule has 0 fully saturated rings. The first-order chi connectivity index (χ1) is 4.79. The van der Waals surface area contributed by atoms with Gasteiger partial charge >= 0.3 is 21.1 Å². The van der Waals surface area contributed by atoms with Crippen molar-refractivity contribution in [1.82, 2.24) is 4.90 Å². The summed E-state index contributed by atoms with van der Waals surface area (Å²) in [6, 6.07) is 0. The van der Waals surface area contributed by atoms with Crippen LogP contribution in [0, 0.1) is 14.0 Å². The van der Waals surface area contributed by atoms with Crippen molar-refractivity contribution in [3.8, 4) is 0 Å². The van der Waals surface area contributed by atoms with Crippen LogP contribution >= 0.6 is 0 Å². The van der Waals surface area contributed by atoms with Gasteiger partial charge in [-0.1, -0.05) is 11.6 Å². The molecule has 0 aromatic carbocycles. The zero-order valence-electron chi connectivity index (χ0n) is 7.47. The topological polar surface area (TPSA) is 3.24 Å².